The molecular formula is C14H18BrNO3. The van der Waals surface area contributed by atoms with Gasteiger partial charge in [0.15, 0.2) is 12.9 Å². The lowest BCUT2D eigenvalue weighted by Gasteiger charge is -2.24. The molecule has 0 aliphatic rings. The highest BCUT2D eigenvalue weighted by molar-refractivity contribution is 9.10. The van der Waals surface area contributed by atoms with Crippen molar-refractivity contribution in [3.05, 3.63) is 28.2 Å². The van der Waals surface area contributed by atoms with Crippen LogP contribution in [0, 0.1) is 0 Å². The third-order valence-electron chi connectivity index (χ3n) is 2.83. The first-order chi connectivity index (χ1) is 8.88. The van der Waals surface area contributed by atoms with Crippen LogP contribution in [0.25, 0.3) is 0 Å². The highest BCUT2D eigenvalue weighted by Crippen LogP contribution is 2.21. The monoisotopic (exact) mass is 327 g/mol. The standard InChI is InChI=1S/C14H18BrNO3/c1-4-14(2,3)16-13(18)9-19-11-5-6-12(15)10(7-11)8-17/h5-8H,4,9H2,1-3H3,(H,16,18). The van der Waals surface area contributed by atoms with Crippen LogP contribution in [0.2, 0.25) is 0 Å². The van der Waals surface area contributed by atoms with Crippen molar-refractivity contribution in [2.45, 2.75) is 32.7 Å². The lowest BCUT2D eigenvalue weighted by atomic mass is 10.0. The van der Waals surface area contributed by atoms with Crippen LogP contribution in [-0.2, 0) is 4.79 Å². The van der Waals surface area contributed by atoms with Gasteiger partial charge in [0, 0.05) is 15.6 Å². The van der Waals surface area contributed by atoms with Crippen LogP contribution >= 0.6 is 15.9 Å². The van der Waals surface area contributed by atoms with E-state index in [1.54, 1.807) is 18.2 Å². The van der Waals surface area contributed by atoms with E-state index in [2.05, 4.69) is 21.2 Å². The number of nitrogens with one attached hydrogen (secondary N) is 1. The summed E-state index contributed by atoms with van der Waals surface area (Å²) >= 11 is 3.25. The van der Waals surface area contributed by atoms with E-state index >= 15 is 0 Å². The van der Waals surface area contributed by atoms with Gasteiger partial charge in [-0.15, -0.1) is 0 Å². The van der Waals surface area contributed by atoms with E-state index in [4.69, 9.17) is 4.74 Å². The molecule has 0 aliphatic heterocycles. The van der Waals surface area contributed by atoms with Crippen LogP contribution in [-0.4, -0.2) is 24.3 Å². The van der Waals surface area contributed by atoms with Gasteiger partial charge in [-0.05, 0) is 38.5 Å². The Labute approximate surface area is 121 Å². The Kier molecular flexibility index (Phi) is 5.54. The van der Waals surface area contributed by atoms with E-state index in [0.29, 0.717) is 15.8 Å². The quantitative estimate of drug-likeness (QED) is 0.817. The number of amides is 1. The molecule has 0 atom stereocenters. The maximum Gasteiger partial charge on any atom is 0.258 e. The van der Waals surface area contributed by atoms with Crippen LogP contribution in [0.1, 0.15) is 37.6 Å². The third-order valence-corrected chi connectivity index (χ3v) is 3.55. The average Bonchev–Trinajstić information content (AvgIpc) is 2.37. The molecule has 0 fully saturated rings. The molecule has 104 valence electrons. The predicted octanol–water partition coefficient (Wildman–Crippen LogP) is 2.95. The molecule has 0 unspecified atom stereocenters. The molecule has 1 aromatic rings. The van der Waals surface area contributed by atoms with Gasteiger partial charge in [0.1, 0.15) is 5.75 Å². The molecule has 1 amide bonds. The molecule has 5 heteroatoms. The molecule has 0 saturated carbocycles. The molecular weight excluding hydrogens is 310 g/mol. The maximum absolute atomic E-state index is 11.7. The molecule has 1 aromatic carbocycles. The fourth-order valence-corrected chi connectivity index (χ4v) is 1.69. The minimum atomic E-state index is -0.242. The molecule has 0 aliphatic carbocycles. The maximum atomic E-state index is 11.7. The molecule has 19 heavy (non-hydrogen) atoms. The van der Waals surface area contributed by atoms with Gasteiger partial charge in [-0.2, -0.15) is 0 Å². The number of ether oxygens (including phenoxy) is 1. The number of benzene rings is 1. The Morgan fingerprint density at radius 1 is 1.47 bits per heavy atom. The van der Waals surface area contributed by atoms with Gasteiger partial charge >= 0.3 is 0 Å². The minimum absolute atomic E-state index is 0.0661. The molecule has 0 bridgehead atoms. The fourth-order valence-electron chi connectivity index (χ4n) is 1.35. The molecule has 0 radical (unpaired) electrons. The topological polar surface area (TPSA) is 55.4 Å². The number of carbonyl (C=O) groups is 2. The predicted molar refractivity (Wildman–Crippen MR) is 77.5 cm³/mol. The molecule has 0 aromatic heterocycles. The van der Waals surface area contributed by atoms with Crippen LogP contribution in [0.4, 0.5) is 0 Å². The van der Waals surface area contributed by atoms with Crippen molar-refractivity contribution in [1.82, 2.24) is 5.32 Å². The molecule has 1 N–H and O–H groups in total. The second-order valence-electron chi connectivity index (χ2n) is 4.88. The number of carbonyl (C=O) groups excluding carboxylic acids is 2. The lowest BCUT2D eigenvalue weighted by molar-refractivity contribution is -0.124. The highest BCUT2D eigenvalue weighted by atomic mass is 79.9. The van der Waals surface area contributed by atoms with Gasteiger partial charge in [0.05, 0.1) is 0 Å². The Hall–Kier alpha value is -1.36. The summed E-state index contributed by atoms with van der Waals surface area (Å²) in [5, 5.41) is 2.87. The third kappa shape index (κ3) is 5.03. The summed E-state index contributed by atoms with van der Waals surface area (Å²) in [6, 6.07) is 5.01. The summed E-state index contributed by atoms with van der Waals surface area (Å²) in [6.07, 6.45) is 1.57. The van der Waals surface area contributed by atoms with Gasteiger partial charge in [-0.3, -0.25) is 9.59 Å². The number of halogens is 1. The highest BCUT2D eigenvalue weighted by Gasteiger charge is 2.17. The van der Waals surface area contributed by atoms with Gasteiger partial charge in [-0.1, -0.05) is 22.9 Å². The Morgan fingerprint density at radius 2 is 2.16 bits per heavy atom. The van der Waals surface area contributed by atoms with E-state index in [9.17, 15) is 9.59 Å². The molecule has 0 spiro atoms. The van der Waals surface area contributed by atoms with Crippen molar-refractivity contribution in [3.63, 3.8) is 0 Å². The van der Waals surface area contributed by atoms with E-state index < -0.39 is 0 Å². The second-order valence-corrected chi connectivity index (χ2v) is 5.73. The first-order valence-corrected chi connectivity index (χ1v) is 6.86. The Bertz CT molecular complexity index is 472. The van der Waals surface area contributed by atoms with Crippen molar-refractivity contribution in [2.24, 2.45) is 0 Å². The average molecular weight is 328 g/mol. The summed E-state index contributed by atoms with van der Waals surface area (Å²) in [4.78, 5) is 22.5. The van der Waals surface area contributed by atoms with Gasteiger partial charge in [0.2, 0.25) is 0 Å². The zero-order chi connectivity index (χ0) is 14.5. The van der Waals surface area contributed by atoms with Crippen molar-refractivity contribution in [2.75, 3.05) is 6.61 Å². The first kappa shape index (κ1) is 15.7. The largest absolute Gasteiger partial charge is 0.484 e. The second kappa shape index (κ2) is 6.70. The van der Waals surface area contributed by atoms with Crippen molar-refractivity contribution in [1.29, 1.82) is 0 Å². The van der Waals surface area contributed by atoms with Crippen molar-refractivity contribution in [3.8, 4) is 5.75 Å². The fraction of sp³-hybridized carbons (Fsp3) is 0.429. The van der Waals surface area contributed by atoms with Gasteiger partial charge < -0.3 is 10.1 Å². The van der Waals surface area contributed by atoms with Crippen LogP contribution in [0.3, 0.4) is 0 Å². The zero-order valence-corrected chi connectivity index (χ0v) is 12.9. The number of hydrogen-bond acceptors (Lipinski definition) is 3. The summed E-state index contributed by atoms with van der Waals surface area (Å²) in [6.45, 7) is 5.85. The van der Waals surface area contributed by atoms with Crippen LogP contribution in [0.5, 0.6) is 5.75 Å². The smallest absolute Gasteiger partial charge is 0.258 e. The summed E-state index contributed by atoms with van der Waals surface area (Å²) < 4.78 is 6.06. The van der Waals surface area contributed by atoms with Gasteiger partial charge in [-0.25, -0.2) is 0 Å². The van der Waals surface area contributed by atoms with Crippen LogP contribution < -0.4 is 10.1 Å². The number of hydrogen-bond donors (Lipinski definition) is 1. The minimum Gasteiger partial charge on any atom is -0.484 e. The first-order valence-electron chi connectivity index (χ1n) is 6.06. The van der Waals surface area contributed by atoms with E-state index in [-0.39, 0.29) is 18.1 Å². The normalized spacial score (nSPS) is 10.9. The summed E-state index contributed by atoms with van der Waals surface area (Å²) in [7, 11) is 0. The Balaban J connectivity index is 2.57. The summed E-state index contributed by atoms with van der Waals surface area (Å²) in [5.74, 6) is 0.317. The Morgan fingerprint density at radius 3 is 2.74 bits per heavy atom. The number of aldehydes is 1. The lowest BCUT2D eigenvalue weighted by Crippen LogP contribution is -2.44. The summed E-state index contributed by atoms with van der Waals surface area (Å²) in [5.41, 5.74) is 0.250. The van der Waals surface area contributed by atoms with E-state index in [0.717, 1.165) is 12.7 Å². The van der Waals surface area contributed by atoms with Crippen molar-refractivity contribution >= 4 is 28.1 Å². The van der Waals surface area contributed by atoms with E-state index in [1.807, 2.05) is 20.8 Å². The number of rotatable bonds is 6. The zero-order valence-electron chi connectivity index (χ0n) is 11.3. The molecule has 0 heterocycles. The van der Waals surface area contributed by atoms with E-state index in [1.165, 1.54) is 0 Å². The van der Waals surface area contributed by atoms with Gasteiger partial charge in [0.25, 0.3) is 5.91 Å². The van der Waals surface area contributed by atoms with Crippen LogP contribution in [0.15, 0.2) is 22.7 Å². The molecule has 1 rings (SSSR count). The molecule has 4 nitrogen and oxygen atoms in total. The van der Waals surface area contributed by atoms with Crippen molar-refractivity contribution < 1.29 is 14.3 Å². The molecule has 0 saturated heterocycles. The SMILES string of the molecule is CCC(C)(C)NC(=O)COc1ccc(Br)c(C=O)c1.